The molecule has 1 unspecified atom stereocenters. The fraction of sp³-hybridized carbons (Fsp3) is 0.909. The number of rotatable bonds is 5. The lowest BCUT2D eigenvalue weighted by molar-refractivity contribution is -0.124. The first-order valence-electron chi connectivity index (χ1n) is 5.92. The third-order valence-corrected chi connectivity index (χ3v) is 2.56. The van der Waals surface area contributed by atoms with Crippen LogP contribution in [-0.2, 0) is 9.53 Å². The van der Waals surface area contributed by atoms with E-state index in [0.717, 1.165) is 19.6 Å². The predicted molar refractivity (Wildman–Crippen MR) is 70.3 cm³/mol. The van der Waals surface area contributed by atoms with Gasteiger partial charge in [-0.15, -0.1) is 12.4 Å². The molecule has 1 amide bonds. The fourth-order valence-corrected chi connectivity index (χ4v) is 1.64. The molecule has 1 fully saturated rings. The number of ether oxygens (including phenoxy) is 1. The molecule has 3 N–H and O–H groups in total. The molecule has 0 aliphatic carbocycles. The van der Waals surface area contributed by atoms with Crippen LogP contribution >= 0.6 is 12.4 Å². The quantitative estimate of drug-likeness (QED) is 0.725. The smallest absolute Gasteiger partial charge is 0.234 e. The van der Waals surface area contributed by atoms with Crippen LogP contribution in [0.4, 0.5) is 0 Å². The number of carbonyl (C=O) groups excluding carboxylic acids is 1. The highest BCUT2D eigenvalue weighted by atomic mass is 35.5. The number of nitrogens with zero attached hydrogens (tertiary/aromatic N) is 1. The summed E-state index contributed by atoms with van der Waals surface area (Å²) in [5.41, 5.74) is 5.54. The average Bonchev–Trinajstić information content (AvgIpc) is 2.26. The molecule has 1 aliphatic heterocycles. The summed E-state index contributed by atoms with van der Waals surface area (Å²) in [5.74, 6) is 0.580. The van der Waals surface area contributed by atoms with Crippen molar-refractivity contribution in [2.75, 3.05) is 39.3 Å². The molecular weight excluding hydrogens is 242 g/mol. The number of nitrogens with two attached hydrogens (primary N) is 1. The first kappa shape index (κ1) is 16.6. The summed E-state index contributed by atoms with van der Waals surface area (Å²) in [4.78, 5) is 13.7. The minimum atomic E-state index is 0. The zero-order valence-electron chi connectivity index (χ0n) is 10.6. The Labute approximate surface area is 109 Å². The second-order valence-electron chi connectivity index (χ2n) is 4.66. The van der Waals surface area contributed by atoms with Crippen LogP contribution in [0.25, 0.3) is 0 Å². The molecule has 0 aromatic heterocycles. The van der Waals surface area contributed by atoms with Crippen LogP contribution in [-0.4, -0.2) is 56.2 Å². The third kappa shape index (κ3) is 6.83. The van der Waals surface area contributed by atoms with E-state index in [4.69, 9.17) is 10.5 Å². The number of hydrogen-bond acceptors (Lipinski definition) is 4. The molecule has 0 bridgehead atoms. The maximum atomic E-state index is 11.6. The SMILES string of the molecule is CC(C)CNC(=O)CN1CCOC(CN)C1.Cl. The molecule has 1 aliphatic rings. The summed E-state index contributed by atoms with van der Waals surface area (Å²) < 4.78 is 5.44. The molecule has 0 aromatic carbocycles. The first-order chi connectivity index (χ1) is 7.61. The van der Waals surface area contributed by atoms with Gasteiger partial charge in [0.25, 0.3) is 0 Å². The lowest BCUT2D eigenvalue weighted by Crippen LogP contribution is -2.49. The van der Waals surface area contributed by atoms with E-state index >= 15 is 0 Å². The van der Waals surface area contributed by atoms with Crippen LogP contribution in [0, 0.1) is 5.92 Å². The zero-order valence-corrected chi connectivity index (χ0v) is 11.5. The van der Waals surface area contributed by atoms with E-state index in [1.807, 2.05) is 0 Å². The van der Waals surface area contributed by atoms with Crippen molar-refractivity contribution in [3.63, 3.8) is 0 Å². The van der Waals surface area contributed by atoms with E-state index in [1.165, 1.54) is 0 Å². The van der Waals surface area contributed by atoms with Gasteiger partial charge in [0, 0.05) is 26.2 Å². The summed E-state index contributed by atoms with van der Waals surface area (Å²) in [6.45, 7) is 8.11. The van der Waals surface area contributed by atoms with Crippen molar-refractivity contribution in [1.82, 2.24) is 10.2 Å². The summed E-state index contributed by atoms with van der Waals surface area (Å²) in [7, 11) is 0. The maximum Gasteiger partial charge on any atom is 0.234 e. The van der Waals surface area contributed by atoms with E-state index in [1.54, 1.807) is 0 Å². The molecule has 1 rings (SSSR count). The van der Waals surface area contributed by atoms with Crippen LogP contribution in [0.2, 0.25) is 0 Å². The highest BCUT2D eigenvalue weighted by Gasteiger charge is 2.20. The van der Waals surface area contributed by atoms with E-state index in [9.17, 15) is 4.79 Å². The van der Waals surface area contributed by atoms with Crippen LogP contribution in [0.5, 0.6) is 0 Å². The van der Waals surface area contributed by atoms with E-state index in [0.29, 0.717) is 25.6 Å². The molecule has 5 nitrogen and oxygen atoms in total. The van der Waals surface area contributed by atoms with Gasteiger partial charge in [-0.2, -0.15) is 0 Å². The van der Waals surface area contributed by atoms with Gasteiger partial charge < -0.3 is 15.8 Å². The van der Waals surface area contributed by atoms with Gasteiger partial charge in [0.1, 0.15) is 0 Å². The average molecular weight is 266 g/mol. The third-order valence-electron chi connectivity index (χ3n) is 2.56. The van der Waals surface area contributed by atoms with Crippen molar-refractivity contribution >= 4 is 18.3 Å². The van der Waals surface area contributed by atoms with Crippen molar-refractivity contribution in [1.29, 1.82) is 0 Å². The Kier molecular flexibility index (Phi) is 8.51. The molecule has 17 heavy (non-hydrogen) atoms. The normalized spacial score (nSPS) is 21.1. The summed E-state index contributed by atoms with van der Waals surface area (Å²) in [5, 5.41) is 2.91. The van der Waals surface area contributed by atoms with Gasteiger partial charge in [-0.05, 0) is 5.92 Å². The first-order valence-corrected chi connectivity index (χ1v) is 5.92. The Morgan fingerprint density at radius 2 is 2.29 bits per heavy atom. The lowest BCUT2D eigenvalue weighted by atomic mass is 10.2. The van der Waals surface area contributed by atoms with Crippen LogP contribution in [0.3, 0.4) is 0 Å². The monoisotopic (exact) mass is 265 g/mol. The molecule has 6 heteroatoms. The molecule has 1 heterocycles. The van der Waals surface area contributed by atoms with Crippen LogP contribution < -0.4 is 11.1 Å². The molecule has 1 atom stereocenters. The summed E-state index contributed by atoms with van der Waals surface area (Å²) in [6, 6.07) is 0. The summed E-state index contributed by atoms with van der Waals surface area (Å²) in [6.07, 6.45) is 0.0756. The number of carbonyl (C=O) groups is 1. The Morgan fingerprint density at radius 1 is 1.59 bits per heavy atom. The standard InChI is InChI=1S/C11H23N3O2.ClH/c1-9(2)6-13-11(15)8-14-3-4-16-10(5-12)7-14;/h9-10H,3-8,12H2,1-2H3,(H,13,15);1H. The van der Waals surface area contributed by atoms with Gasteiger partial charge in [-0.25, -0.2) is 0 Å². The fourth-order valence-electron chi connectivity index (χ4n) is 1.64. The van der Waals surface area contributed by atoms with Crippen molar-refractivity contribution in [2.45, 2.75) is 20.0 Å². The van der Waals surface area contributed by atoms with E-state index < -0.39 is 0 Å². The van der Waals surface area contributed by atoms with Gasteiger partial charge in [-0.3, -0.25) is 9.69 Å². The van der Waals surface area contributed by atoms with Crippen molar-refractivity contribution in [2.24, 2.45) is 11.7 Å². The number of morpholine rings is 1. The van der Waals surface area contributed by atoms with Crippen molar-refractivity contribution in [3.8, 4) is 0 Å². The molecule has 0 radical (unpaired) electrons. The van der Waals surface area contributed by atoms with Gasteiger partial charge >= 0.3 is 0 Å². The van der Waals surface area contributed by atoms with Gasteiger partial charge in [0.15, 0.2) is 0 Å². The zero-order chi connectivity index (χ0) is 12.0. The Morgan fingerprint density at radius 3 is 2.88 bits per heavy atom. The Hall–Kier alpha value is -0.360. The predicted octanol–water partition coefficient (Wildman–Crippen LogP) is -0.160. The number of halogens is 1. The largest absolute Gasteiger partial charge is 0.374 e. The topological polar surface area (TPSA) is 67.6 Å². The molecule has 0 spiro atoms. The highest BCUT2D eigenvalue weighted by molar-refractivity contribution is 5.85. The number of nitrogens with one attached hydrogen (secondary N) is 1. The van der Waals surface area contributed by atoms with Crippen LogP contribution in [0.1, 0.15) is 13.8 Å². The lowest BCUT2D eigenvalue weighted by Gasteiger charge is -2.31. The minimum Gasteiger partial charge on any atom is -0.374 e. The van der Waals surface area contributed by atoms with Crippen LogP contribution in [0.15, 0.2) is 0 Å². The maximum absolute atomic E-state index is 11.6. The second-order valence-corrected chi connectivity index (χ2v) is 4.66. The van der Waals surface area contributed by atoms with Crippen molar-refractivity contribution in [3.05, 3.63) is 0 Å². The summed E-state index contributed by atoms with van der Waals surface area (Å²) >= 11 is 0. The molecule has 1 saturated heterocycles. The number of amides is 1. The second kappa shape index (κ2) is 8.69. The van der Waals surface area contributed by atoms with Gasteiger partial charge in [-0.1, -0.05) is 13.8 Å². The van der Waals surface area contributed by atoms with Gasteiger partial charge in [0.05, 0.1) is 19.3 Å². The van der Waals surface area contributed by atoms with E-state index in [2.05, 4.69) is 24.1 Å². The molecule has 102 valence electrons. The molecular formula is C11H24ClN3O2. The van der Waals surface area contributed by atoms with E-state index in [-0.39, 0.29) is 24.4 Å². The molecule has 0 aromatic rings. The van der Waals surface area contributed by atoms with Crippen molar-refractivity contribution < 1.29 is 9.53 Å². The minimum absolute atomic E-state index is 0. The highest BCUT2D eigenvalue weighted by Crippen LogP contribution is 2.03. The molecule has 0 saturated carbocycles. The Bertz CT molecular complexity index is 227. The van der Waals surface area contributed by atoms with Gasteiger partial charge in [0.2, 0.25) is 5.91 Å². The Balaban J connectivity index is 0.00000256. The number of hydrogen-bond donors (Lipinski definition) is 2.